The van der Waals surface area contributed by atoms with Gasteiger partial charge >= 0.3 is 5.97 Å². The number of benzene rings is 3. The van der Waals surface area contributed by atoms with Crippen molar-refractivity contribution in [2.75, 3.05) is 20.2 Å². The summed E-state index contributed by atoms with van der Waals surface area (Å²) in [6.45, 7) is 0.856. The highest BCUT2D eigenvalue weighted by Crippen LogP contribution is 2.28. The van der Waals surface area contributed by atoms with Gasteiger partial charge in [0.1, 0.15) is 5.84 Å². The molecule has 8 nitrogen and oxygen atoms in total. The zero-order valence-electron chi connectivity index (χ0n) is 20.9. The number of nitrogens with zero attached hydrogens (tertiary/aromatic N) is 1. The summed E-state index contributed by atoms with van der Waals surface area (Å²) in [5.41, 5.74) is 7.92. The van der Waals surface area contributed by atoms with Gasteiger partial charge in [0.25, 0.3) is 5.91 Å². The molecule has 37 heavy (non-hydrogen) atoms. The van der Waals surface area contributed by atoms with Gasteiger partial charge in [-0.15, -0.1) is 0 Å². The van der Waals surface area contributed by atoms with E-state index in [1.54, 1.807) is 23.1 Å². The number of fused-ring (bicyclic) bond motifs is 1. The first-order valence-electron chi connectivity index (χ1n) is 12.4. The normalized spacial score (nSPS) is 17.1. The van der Waals surface area contributed by atoms with E-state index in [-0.39, 0.29) is 30.1 Å². The molecule has 4 N–H and O–H groups in total. The maximum atomic E-state index is 13.1. The smallest absolute Gasteiger partial charge is 0.306 e. The van der Waals surface area contributed by atoms with Gasteiger partial charge in [-0.05, 0) is 53.8 Å². The molecular weight excluding hydrogens is 468 g/mol. The van der Waals surface area contributed by atoms with Crippen molar-refractivity contribution in [2.24, 2.45) is 11.7 Å². The van der Waals surface area contributed by atoms with Gasteiger partial charge in [-0.25, -0.2) is 0 Å². The van der Waals surface area contributed by atoms with Gasteiger partial charge in [-0.2, -0.15) is 0 Å². The lowest BCUT2D eigenvalue weighted by Gasteiger charge is -2.25. The molecule has 1 fully saturated rings. The monoisotopic (exact) mass is 500 g/mol. The predicted molar refractivity (Wildman–Crippen MR) is 142 cm³/mol. The lowest BCUT2D eigenvalue weighted by molar-refractivity contribution is -0.144. The Morgan fingerprint density at radius 2 is 1.73 bits per heavy atom. The molecule has 192 valence electrons. The fraction of sp³-hybridized carbons (Fsp3) is 0.310. The molecular formula is C29H32N4O4. The number of nitrogens with two attached hydrogens (primary N) is 1. The molecule has 1 aliphatic heterocycles. The molecule has 0 aliphatic carbocycles. The van der Waals surface area contributed by atoms with Crippen LogP contribution in [0, 0.1) is 11.3 Å². The Bertz CT molecular complexity index is 1310. The molecule has 0 aromatic heterocycles. The lowest BCUT2D eigenvalue weighted by atomic mass is 10.0. The van der Waals surface area contributed by atoms with Crippen molar-refractivity contribution in [3.63, 3.8) is 0 Å². The van der Waals surface area contributed by atoms with Crippen LogP contribution in [0.4, 0.5) is 0 Å². The number of nitrogen functional groups attached to an aromatic ring is 1. The SMILES string of the molecule is COC(=O)C[C@@H]1C[C@@H](CNC(=O)c2ccc3cc(C(=N)N)ccc3c2)N(CCCc2ccccc2)C1=O. The summed E-state index contributed by atoms with van der Waals surface area (Å²) in [4.78, 5) is 39.8. The summed E-state index contributed by atoms with van der Waals surface area (Å²) in [7, 11) is 1.32. The number of carbonyl (C=O) groups is 3. The van der Waals surface area contributed by atoms with Gasteiger partial charge < -0.3 is 20.7 Å². The Morgan fingerprint density at radius 3 is 2.41 bits per heavy atom. The van der Waals surface area contributed by atoms with E-state index in [4.69, 9.17) is 15.9 Å². The number of esters is 1. The third-order valence-electron chi connectivity index (χ3n) is 6.89. The fourth-order valence-electron chi connectivity index (χ4n) is 4.88. The van der Waals surface area contributed by atoms with Crippen molar-refractivity contribution in [2.45, 2.75) is 31.7 Å². The van der Waals surface area contributed by atoms with Crippen LogP contribution in [0.2, 0.25) is 0 Å². The van der Waals surface area contributed by atoms with Gasteiger partial charge in [0, 0.05) is 30.3 Å². The van der Waals surface area contributed by atoms with Crippen molar-refractivity contribution in [3.05, 3.63) is 83.4 Å². The number of likely N-dealkylation sites (tertiary alicyclic amines) is 1. The molecule has 0 bridgehead atoms. The van der Waals surface area contributed by atoms with Crippen LogP contribution >= 0.6 is 0 Å². The summed E-state index contributed by atoms with van der Waals surface area (Å²) < 4.78 is 4.78. The van der Waals surface area contributed by atoms with Crippen LogP contribution in [0.15, 0.2) is 66.7 Å². The van der Waals surface area contributed by atoms with Crippen LogP contribution in [-0.2, 0) is 20.7 Å². The Morgan fingerprint density at radius 1 is 1.05 bits per heavy atom. The van der Waals surface area contributed by atoms with E-state index in [0.717, 1.165) is 23.6 Å². The van der Waals surface area contributed by atoms with Crippen LogP contribution in [0.1, 0.15) is 40.7 Å². The Hall–Kier alpha value is -4.20. The van der Waals surface area contributed by atoms with Crippen LogP contribution in [0.25, 0.3) is 10.8 Å². The zero-order chi connectivity index (χ0) is 26.4. The number of ether oxygens (including phenoxy) is 1. The first-order valence-corrected chi connectivity index (χ1v) is 12.4. The minimum absolute atomic E-state index is 0.00587. The third kappa shape index (κ3) is 6.33. The molecule has 1 saturated heterocycles. The molecule has 8 heteroatoms. The summed E-state index contributed by atoms with van der Waals surface area (Å²) >= 11 is 0. The van der Waals surface area contributed by atoms with Crippen LogP contribution in [-0.4, -0.2) is 54.8 Å². The molecule has 0 unspecified atom stereocenters. The predicted octanol–water partition coefficient (Wildman–Crippen LogP) is 3.27. The number of hydrogen-bond donors (Lipinski definition) is 3. The number of carbonyl (C=O) groups excluding carboxylic acids is 3. The van der Waals surface area contributed by atoms with E-state index in [1.807, 2.05) is 36.4 Å². The number of aryl methyl sites for hydroxylation is 1. The minimum atomic E-state index is -0.442. The molecule has 3 aromatic carbocycles. The minimum Gasteiger partial charge on any atom is -0.469 e. The third-order valence-corrected chi connectivity index (χ3v) is 6.89. The van der Waals surface area contributed by atoms with Gasteiger partial charge in [0.2, 0.25) is 5.91 Å². The Balaban J connectivity index is 1.42. The standard InChI is InChI=1S/C29H32N4O4/c1-37-26(34)17-24-16-25(33(29(24)36)13-5-8-19-6-3-2-4-7-19)18-32-28(35)23-12-10-20-14-22(27(30)31)11-9-21(20)15-23/h2-4,6-7,9-12,14-15,24-25H,5,8,13,16-18H2,1H3,(H3,30,31)(H,32,35)/t24-,25-/m0/s1. The summed E-state index contributed by atoms with van der Waals surface area (Å²) in [5.74, 6) is -1.15. The fourth-order valence-corrected chi connectivity index (χ4v) is 4.88. The van der Waals surface area contributed by atoms with Crippen molar-refractivity contribution < 1.29 is 19.1 Å². The number of amides is 2. The van der Waals surface area contributed by atoms with Crippen molar-refractivity contribution in [1.29, 1.82) is 5.41 Å². The summed E-state index contributed by atoms with van der Waals surface area (Å²) in [6.07, 6.45) is 2.17. The molecule has 0 saturated carbocycles. The molecule has 1 aliphatic rings. The molecule has 4 rings (SSSR count). The van der Waals surface area contributed by atoms with Crippen molar-refractivity contribution in [3.8, 4) is 0 Å². The molecule has 0 spiro atoms. The van der Waals surface area contributed by atoms with Crippen LogP contribution in [0.3, 0.4) is 0 Å². The van der Waals surface area contributed by atoms with Crippen molar-refractivity contribution >= 4 is 34.4 Å². The van der Waals surface area contributed by atoms with E-state index >= 15 is 0 Å². The quantitative estimate of drug-likeness (QED) is 0.224. The summed E-state index contributed by atoms with van der Waals surface area (Å²) in [6, 6.07) is 20.7. The molecule has 2 atom stereocenters. The topological polar surface area (TPSA) is 126 Å². The highest BCUT2D eigenvalue weighted by atomic mass is 16.5. The number of methoxy groups -OCH3 is 1. The van der Waals surface area contributed by atoms with E-state index < -0.39 is 11.9 Å². The highest BCUT2D eigenvalue weighted by molar-refractivity contribution is 6.02. The van der Waals surface area contributed by atoms with Gasteiger partial charge in [0.15, 0.2) is 0 Å². The number of hydrogen-bond acceptors (Lipinski definition) is 5. The van der Waals surface area contributed by atoms with Gasteiger partial charge in [0.05, 0.1) is 19.4 Å². The van der Waals surface area contributed by atoms with Crippen molar-refractivity contribution in [1.82, 2.24) is 10.2 Å². The lowest BCUT2D eigenvalue weighted by Crippen LogP contribution is -2.42. The first kappa shape index (κ1) is 25.9. The van der Waals surface area contributed by atoms with E-state index in [2.05, 4.69) is 17.4 Å². The number of nitrogens with one attached hydrogen (secondary N) is 2. The maximum absolute atomic E-state index is 13.1. The molecule has 1 heterocycles. The number of rotatable bonds is 10. The average Bonchev–Trinajstić information content (AvgIpc) is 3.20. The van der Waals surface area contributed by atoms with E-state index in [9.17, 15) is 14.4 Å². The van der Waals surface area contributed by atoms with Crippen LogP contribution in [0.5, 0.6) is 0 Å². The Kier molecular flexibility index (Phi) is 8.18. The molecule has 0 radical (unpaired) electrons. The first-order chi connectivity index (χ1) is 17.9. The number of amidine groups is 1. The largest absolute Gasteiger partial charge is 0.469 e. The van der Waals surface area contributed by atoms with E-state index in [0.29, 0.717) is 30.6 Å². The second-order valence-electron chi connectivity index (χ2n) is 9.39. The maximum Gasteiger partial charge on any atom is 0.306 e. The Labute approximate surface area is 216 Å². The van der Waals surface area contributed by atoms with Gasteiger partial charge in [-0.3, -0.25) is 19.8 Å². The van der Waals surface area contributed by atoms with Gasteiger partial charge in [-0.1, -0.05) is 48.5 Å². The highest BCUT2D eigenvalue weighted by Gasteiger charge is 2.40. The average molecular weight is 501 g/mol. The molecule has 3 aromatic rings. The van der Waals surface area contributed by atoms with Crippen LogP contribution < -0.4 is 11.1 Å². The zero-order valence-corrected chi connectivity index (χ0v) is 20.9. The second kappa shape index (κ2) is 11.7. The second-order valence-corrected chi connectivity index (χ2v) is 9.39. The van der Waals surface area contributed by atoms with E-state index in [1.165, 1.54) is 12.7 Å². The summed E-state index contributed by atoms with van der Waals surface area (Å²) in [5, 5.41) is 12.3. The molecule has 2 amide bonds.